The van der Waals surface area contributed by atoms with Gasteiger partial charge in [0.15, 0.2) is 0 Å². The maximum atomic E-state index is 3.70. The van der Waals surface area contributed by atoms with Crippen molar-refractivity contribution in [2.75, 3.05) is 6.54 Å². The maximum Gasteiger partial charge on any atom is 0.0587 e. The van der Waals surface area contributed by atoms with E-state index in [2.05, 4.69) is 83.6 Å². The van der Waals surface area contributed by atoms with Gasteiger partial charge in [0.25, 0.3) is 0 Å². The van der Waals surface area contributed by atoms with Gasteiger partial charge >= 0.3 is 0 Å². The fourth-order valence-electron chi connectivity index (χ4n) is 2.62. The van der Waals surface area contributed by atoms with E-state index in [-0.39, 0.29) is 6.04 Å². The van der Waals surface area contributed by atoms with Crippen molar-refractivity contribution in [3.8, 4) is 0 Å². The lowest BCUT2D eigenvalue weighted by molar-refractivity contribution is 0.596. The van der Waals surface area contributed by atoms with Gasteiger partial charge in [-0.25, -0.2) is 0 Å². The van der Waals surface area contributed by atoms with Crippen molar-refractivity contribution in [3.63, 3.8) is 0 Å². The summed E-state index contributed by atoms with van der Waals surface area (Å²) < 4.78 is 1.17. The van der Waals surface area contributed by atoms with Gasteiger partial charge in [0, 0.05) is 4.47 Å². The number of halogens is 1. The van der Waals surface area contributed by atoms with Crippen molar-refractivity contribution in [3.05, 3.63) is 69.7 Å². The van der Waals surface area contributed by atoms with Gasteiger partial charge in [-0.1, -0.05) is 78.7 Å². The van der Waals surface area contributed by atoms with Crippen LogP contribution in [0, 0.1) is 0 Å². The van der Waals surface area contributed by atoms with Gasteiger partial charge in [-0.3, -0.25) is 0 Å². The highest BCUT2D eigenvalue weighted by Gasteiger charge is 2.15. The molecule has 0 saturated heterocycles. The van der Waals surface area contributed by atoms with Gasteiger partial charge in [-0.05, 0) is 42.1 Å². The predicted molar refractivity (Wildman–Crippen MR) is 94.7 cm³/mol. The Kier molecular flexibility index (Phi) is 6.47. The van der Waals surface area contributed by atoms with Crippen molar-refractivity contribution in [1.82, 2.24) is 5.32 Å². The Morgan fingerprint density at radius 1 is 1.00 bits per heavy atom. The maximum absolute atomic E-state index is 3.70. The van der Waals surface area contributed by atoms with Crippen LogP contribution in [0.4, 0.5) is 0 Å². The summed E-state index contributed by atoms with van der Waals surface area (Å²) in [4.78, 5) is 0. The molecule has 2 aromatic carbocycles. The molecule has 0 bridgehead atoms. The summed E-state index contributed by atoms with van der Waals surface area (Å²) in [6.45, 7) is 5.45. The monoisotopic (exact) mass is 345 g/mol. The van der Waals surface area contributed by atoms with Crippen molar-refractivity contribution < 1.29 is 0 Å². The van der Waals surface area contributed by atoms with Gasteiger partial charge < -0.3 is 5.32 Å². The van der Waals surface area contributed by atoms with Gasteiger partial charge in [0.05, 0.1) is 6.04 Å². The Morgan fingerprint density at radius 2 is 1.81 bits per heavy atom. The second-order valence-electron chi connectivity index (χ2n) is 5.40. The van der Waals surface area contributed by atoms with E-state index >= 15 is 0 Å². The minimum Gasteiger partial charge on any atom is -0.306 e. The minimum atomic E-state index is 0.248. The quantitative estimate of drug-likeness (QED) is 0.699. The van der Waals surface area contributed by atoms with Crippen LogP contribution in [0.5, 0.6) is 0 Å². The first-order valence-corrected chi connectivity index (χ1v) is 8.62. The molecule has 112 valence electrons. The molecule has 0 aliphatic carbocycles. The Labute approximate surface area is 136 Å². The molecule has 21 heavy (non-hydrogen) atoms. The molecule has 0 saturated carbocycles. The van der Waals surface area contributed by atoms with Gasteiger partial charge in [-0.15, -0.1) is 0 Å². The van der Waals surface area contributed by atoms with Crippen LogP contribution in [-0.2, 0) is 6.42 Å². The number of nitrogens with one attached hydrogen (secondary N) is 1. The van der Waals surface area contributed by atoms with Crippen LogP contribution in [0.15, 0.2) is 53.0 Å². The number of aryl methyl sites for hydroxylation is 1. The summed E-state index contributed by atoms with van der Waals surface area (Å²) in [5.41, 5.74) is 4.08. The van der Waals surface area contributed by atoms with E-state index < -0.39 is 0 Å². The van der Waals surface area contributed by atoms with E-state index in [0.29, 0.717) is 0 Å². The van der Waals surface area contributed by atoms with Crippen molar-refractivity contribution in [1.29, 1.82) is 0 Å². The number of rotatable bonds is 7. The Morgan fingerprint density at radius 3 is 2.52 bits per heavy atom. The van der Waals surface area contributed by atoms with Crippen LogP contribution >= 0.6 is 15.9 Å². The first-order chi connectivity index (χ1) is 10.3. The smallest absolute Gasteiger partial charge is 0.0587 e. The van der Waals surface area contributed by atoms with Gasteiger partial charge in [-0.2, -0.15) is 0 Å². The standard InChI is InChI=1S/C19H24BrN/c1-3-8-15-9-7-10-16(14-15)19(21-13-4-2)17-11-5-6-12-18(17)20/h5-7,9-12,14,19,21H,3-4,8,13H2,1-2H3. The van der Waals surface area contributed by atoms with Crippen molar-refractivity contribution in [2.45, 2.75) is 39.2 Å². The SMILES string of the molecule is CCCNC(c1cccc(CCC)c1)c1ccccc1Br. The summed E-state index contributed by atoms with van der Waals surface area (Å²) in [6, 6.07) is 17.7. The summed E-state index contributed by atoms with van der Waals surface area (Å²) in [5, 5.41) is 3.68. The molecule has 1 N–H and O–H groups in total. The third-order valence-corrected chi connectivity index (χ3v) is 4.36. The fourth-order valence-corrected chi connectivity index (χ4v) is 3.14. The molecule has 2 heteroatoms. The lowest BCUT2D eigenvalue weighted by Gasteiger charge is -2.21. The lowest BCUT2D eigenvalue weighted by atomic mass is 9.96. The highest BCUT2D eigenvalue weighted by atomic mass is 79.9. The Balaban J connectivity index is 2.36. The van der Waals surface area contributed by atoms with Crippen LogP contribution < -0.4 is 5.32 Å². The van der Waals surface area contributed by atoms with Crippen molar-refractivity contribution >= 4 is 15.9 Å². The second-order valence-corrected chi connectivity index (χ2v) is 6.26. The molecule has 2 aromatic rings. The molecular weight excluding hydrogens is 322 g/mol. The number of hydrogen-bond donors (Lipinski definition) is 1. The fraction of sp³-hybridized carbons (Fsp3) is 0.368. The highest BCUT2D eigenvalue weighted by Crippen LogP contribution is 2.29. The molecule has 0 amide bonds. The summed E-state index contributed by atoms with van der Waals surface area (Å²) in [6.07, 6.45) is 3.46. The molecule has 1 atom stereocenters. The molecule has 1 nitrogen and oxygen atoms in total. The topological polar surface area (TPSA) is 12.0 Å². The third-order valence-electron chi connectivity index (χ3n) is 3.64. The molecule has 0 fully saturated rings. The van der Waals surface area contributed by atoms with Crippen molar-refractivity contribution in [2.24, 2.45) is 0 Å². The molecule has 2 rings (SSSR count). The van der Waals surface area contributed by atoms with Crippen LogP contribution in [-0.4, -0.2) is 6.54 Å². The molecule has 0 radical (unpaired) electrons. The van der Waals surface area contributed by atoms with E-state index in [4.69, 9.17) is 0 Å². The van der Waals surface area contributed by atoms with E-state index in [0.717, 1.165) is 19.4 Å². The summed E-state index contributed by atoms with van der Waals surface area (Å²) in [5.74, 6) is 0. The Hall–Kier alpha value is -1.12. The normalized spacial score (nSPS) is 12.3. The number of benzene rings is 2. The van der Waals surface area contributed by atoms with Crippen LogP contribution in [0.3, 0.4) is 0 Å². The zero-order valence-electron chi connectivity index (χ0n) is 12.9. The highest BCUT2D eigenvalue weighted by molar-refractivity contribution is 9.10. The van der Waals surface area contributed by atoms with E-state index in [9.17, 15) is 0 Å². The average molecular weight is 346 g/mol. The first-order valence-electron chi connectivity index (χ1n) is 7.83. The van der Waals surface area contributed by atoms with E-state index in [1.807, 2.05) is 0 Å². The average Bonchev–Trinajstić information content (AvgIpc) is 2.50. The largest absolute Gasteiger partial charge is 0.306 e. The summed E-state index contributed by atoms with van der Waals surface area (Å²) >= 11 is 3.70. The molecule has 0 aliphatic rings. The first kappa shape index (κ1) is 16.3. The lowest BCUT2D eigenvalue weighted by Crippen LogP contribution is -2.23. The minimum absolute atomic E-state index is 0.248. The van der Waals surface area contributed by atoms with Crippen LogP contribution in [0.25, 0.3) is 0 Å². The predicted octanol–water partition coefficient (Wildman–Crippen LogP) is 5.49. The third kappa shape index (κ3) is 4.42. The number of hydrogen-bond acceptors (Lipinski definition) is 1. The summed E-state index contributed by atoms with van der Waals surface area (Å²) in [7, 11) is 0. The van der Waals surface area contributed by atoms with E-state index in [1.165, 1.54) is 27.6 Å². The molecule has 0 heterocycles. The molecule has 0 aromatic heterocycles. The second kappa shape index (κ2) is 8.35. The molecule has 1 unspecified atom stereocenters. The van der Waals surface area contributed by atoms with Gasteiger partial charge in [0.2, 0.25) is 0 Å². The molecule has 0 spiro atoms. The zero-order chi connectivity index (χ0) is 15.1. The Bertz CT molecular complexity index is 565. The zero-order valence-corrected chi connectivity index (χ0v) is 14.5. The molecular formula is C19H24BrN. The van der Waals surface area contributed by atoms with Crippen LogP contribution in [0.1, 0.15) is 49.4 Å². The molecule has 0 aliphatic heterocycles. The van der Waals surface area contributed by atoms with E-state index in [1.54, 1.807) is 0 Å². The van der Waals surface area contributed by atoms with Gasteiger partial charge in [0.1, 0.15) is 0 Å². The van der Waals surface area contributed by atoms with Crippen LogP contribution in [0.2, 0.25) is 0 Å².